The van der Waals surface area contributed by atoms with Gasteiger partial charge in [0, 0.05) is 0 Å². The van der Waals surface area contributed by atoms with Gasteiger partial charge in [-0.2, -0.15) is 0 Å². The lowest BCUT2D eigenvalue weighted by molar-refractivity contribution is 0.916. The molecular weight excluding hydrogens is 240 g/mol. The summed E-state index contributed by atoms with van der Waals surface area (Å²) >= 11 is 0. The second kappa shape index (κ2) is 4.49. The van der Waals surface area contributed by atoms with Crippen LogP contribution < -0.4 is 0 Å². The highest BCUT2D eigenvalue weighted by Gasteiger charge is 2.10. The van der Waals surface area contributed by atoms with Crippen LogP contribution in [0.1, 0.15) is 25.3 Å². The topological polar surface area (TPSA) is 0 Å². The summed E-state index contributed by atoms with van der Waals surface area (Å²) in [5.41, 5.74) is 1.37. The molecule has 4 aromatic rings. The Hall–Kier alpha value is -2.08. The maximum Gasteiger partial charge on any atom is -0.00239 e. The van der Waals surface area contributed by atoms with E-state index < -0.39 is 0 Å². The lowest BCUT2D eigenvalue weighted by Crippen LogP contribution is -1.88. The highest BCUT2D eigenvalue weighted by atomic mass is 14.1. The van der Waals surface area contributed by atoms with Crippen molar-refractivity contribution in [3.63, 3.8) is 0 Å². The van der Waals surface area contributed by atoms with Crippen molar-refractivity contribution < 1.29 is 0 Å². The average molecular weight is 257 g/mol. The minimum absolute atomic E-state index is 1.14. The maximum atomic E-state index is 2.37. The summed E-state index contributed by atoms with van der Waals surface area (Å²) in [6, 6.07) is 20.1. The van der Waals surface area contributed by atoms with Gasteiger partial charge in [-0.3, -0.25) is 0 Å². The maximum absolute atomic E-state index is 2.37. The van der Waals surface area contributed by atoms with Crippen LogP contribution in [0.4, 0.5) is 0 Å². The van der Waals surface area contributed by atoms with Gasteiger partial charge < -0.3 is 0 Å². The third-order valence-corrected chi connectivity index (χ3v) is 4.22. The highest BCUT2D eigenvalue weighted by Crippen LogP contribution is 2.36. The summed E-state index contributed by atoms with van der Waals surface area (Å²) in [5.74, 6) is 0. The largest absolute Gasteiger partial charge is 0.0654 e. The molecule has 0 aliphatic rings. The molecule has 97 valence electrons. The van der Waals surface area contributed by atoms with Crippen molar-refractivity contribution in [1.82, 2.24) is 0 Å². The minimum atomic E-state index is 1.14. The summed E-state index contributed by atoms with van der Waals surface area (Å²) in [7, 11) is 0. The second-order valence-corrected chi connectivity index (χ2v) is 5.50. The van der Waals surface area contributed by atoms with E-state index in [0.29, 0.717) is 0 Å². The lowest BCUT2D eigenvalue weighted by Gasteiger charge is -2.13. The van der Waals surface area contributed by atoms with Crippen molar-refractivity contribution in [2.45, 2.75) is 19.8 Å². The number of hydrogen-bond acceptors (Lipinski definition) is 0. The first kappa shape index (κ1) is 11.7. The van der Waals surface area contributed by atoms with Gasteiger partial charge in [0.1, 0.15) is 0 Å². The van der Waals surface area contributed by atoms with Gasteiger partial charge in [0.25, 0.3) is 0 Å². The Labute approximate surface area is 119 Å². The average Bonchev–Trinajstić information content (AvgIpc) is 2.51. The van der Waals surface area contributed by atoms with E-state index in [9.17, 15) is 0 Å². The molecule has 0 bridgehead atoms. The molecule has 0 nitrogen and oxygen atoms in total. The highest BCUT2D eigenvalue weighted by molar-refractivity contribution is 6.23. The Morgan fingerprint density at radius 3 is 2.15 bits per heavy atom. The number of benzene rings is 4. The third-order valence-electron chi connectivity index (χ3n) is 4.22. The van der Waals surface area contributed by atoms with E-state index in [4.69, 9.17) is 0 Å². The van der Waals surface area contributed by atoms with E-state index in [-0.39, 0.29) is 0 Å². The van der Waals surface area contributed by atoms with Crippen molar-refractivity contribution >= 4 is 32.3 Å². The molecule has 20 heavy (non-hydrogen) atoms. The fraction of sp³-hybridized carbons (Fsp3) is 0.150. The van der Waals surface area contributed by atoms with Crippen LogP contribution in [0, 0.1) is 6.42 Å². The first-order chi connectivity index (χ1) is 9.88. The Bertz CT molecular complexity index is 870. The van der Waals surface area contributed by atoms with Crippen LogP contribution in [0.5, 0.6) is 0 Å². The van der Waals surface area contributed by atoms with E-state index >= 15 is 0 Å². The van der Waals surface area contributed by atoms with E-state index in [1.54, 1.807) is 0 Å². The normalized spacial score (nSPS) is 11.8. The van der Waals surface area contributed by atoms with Gasteiger partial charge in [0.15, 0.2) is 0 Å². The summed E-state index contributed by atoms with van der Waals surface area (Å²) < 4.78 is 0. The molecule has 4 rings (SSSR count). The molecule has 0 fully saturated rings. The lowest BCUT2D eigenvalue weighted by atomic mass is 9.91. The molecule has 1 radical (unpaired) electrons. The summed E-state index contributed by atoms with van der Waals surface area (Å²) in [4.78, 5) is 0. The molecular formula is C20H17. The first-order valence-corrected chi connectivity index (χ1v) is 7.38. The van der Waals surface area contributed by atoms with Crippen LogP contribution in [0.25, 0.3) is 32.3 Å². The van der Waals surface area contributed by atoms with Gasteiger partial charge in [0.05, 0.1) is 0 Å². The Morgan fingerprint density at radius 2 is 1.40 bits per heavy atom. The van der Waals surface area contributed by atoms with Gasteiger partial charge in [-0.05, 0) is 50.7 Å². The van der Waals surface area contributed by atoms with Crippen molar-refractivity contribution in [2.75, 3.05) is 0 Å². The molecule has 0 saturated heterocycles. The number of hydrogen-bond donors (Lipinski definition) is 0. The van der Waals surface area contributed by atoms with Gasteiger partial charge >= 0.3 is 0 Å². The van der Waals surface area contributed by atoms with E-state index in [1.807, 2.05) is 0 Å². The Balaban J connectivity index is 2.14. The van der Waals surface area contributed by atoms with Gasteiger partial charge in [-0.1, -0.05) is 67.9 Å². The number of unbranched alkanes of at least 4 members (excludes halogenated alkanes) is 1. The molecule has 0 unspecified atom stereocenters. The van der Waals surface area contributed by atoms with Gasteiger partial charge in [-0.25, -0.2) is 0 Å². The van der Waals surface area contributed by atoms with Crippen LogP contribution in [0.15, 0.2) is 54.6 Å². The minimum Gasteiger partial charge on any atom is -0.0654 e. The fourth-order valence-electron chi connectivity index (χ4n) is 3.24. The van der Waals surface area contributed by atoms with E-state index in [2.05, 4.69) is 67.9 Å². The summed E-state index contributed by atoms with van der Waals surface area (Å²) in [6.45, 7) is 2.23. The predicted molar refractivity (Wildman–Crippen MR) is 88.5 cm³/mol. The molecule has 0 aromatic heterocycles. The SMILES string of the molecule is CCC[CH]c1ccc2ccc3cccc4ccc1c2c34. The van der Waals surface area contributed by atoms with Crippen LogP contribution in [-0.4, -0.2) is 0 Å². The Kier molecular flexibility index (Phi) is 2.63. The summed E-state index contributed by atoms with van der Waals surface area (Å²) in [6.07, 6.45) is 4.71. The van der Waals surface area contributed by atoms with Crippen molar-refractivity contribution in [3.8, 4) is 0 Å². The van der Waals surface area contributed by atoms with Crippen molar-refractivity contribution in [2.24, 2.45) is 0 Å². The third kappa shape index (κ3) is 1.61. The van der Waals surface area contributed by atoms with E-state index in [0.717, 1.165) is 6.42 Å². The van der Waals surface area contributed by atoms with Crippen LogP contribution in [0.2, 0.25) is 0 Å². The van der Waals surface area contributed by atoms with Gasteiger partial charge in [0.2, 0.25) is 0 Å². The van der Waals surface area contributed by atoms with Crippen LogP contribution in [0.3, 0.4) is 0 Å². The molecule has 0 atom stereocenters. The quantitative estimate of drug-likeness (QED) is 0.399. The molecule has 0 amide bonds. The smallest absolute Gasteiger partial charge is 0.00239 e. The molecule has 0 aliphatic heterocycles. The number of rotatable bonds is 3. The molecule has 0 spiro atoms. The summed E-state index contributed by atoms with van der Waals surface area (Å²) in [5, 5.41) is 8.25. The molecule has 0 aliphatic carbocycles. The zero-order valence-corrected chi connectivity index (χ0v) is 11.7. The zero-order chi connectivity index (χ0) is 13.5. The Morgan fingerprint density at radius 1 is 0.750 bits per heavy atom. The monoisotopic (exact) mass is 257 g/mol. The zero-order valence-electron chi connectivity index (χ0n) is 11.7. The standard InChI is InChI=1S/C20H17/c1-2-3-5-14-8-9-17-11-10-15-6-4-7-16-12-13-18(14)20(17)19(15)16/h4-13H,2-3H2,1H3. The first-order valence-electron chi connectivity index (χ1n) is 7.38. The van der Waals surface area contributed by atoms with Crippen molar-refractivity contribution in [1.29, 1.82) is 0 Å². The molecule has 0 N–H and O–H groups in total. The van der Waals surface area contributed by atoms with E-state index in [1.165, 1.54) is 44.3 Å². The second-order valence-electron chi connectivity index (χ2n) is 5.50. The van der Waals surface area contributed by atoms with Crippen LogP contribution >= 0.6 is 0 Å². The molecule has 0 heteroatoms. The van der Waals surface area contributed by atoms with Gasteiger partial charge in [-0.15, -0.1) is 0 Å². The van der Waals surface area contributed by atoms with Crippen molar-refractivity contribution in [3.05, 3.63) is 66.6 Å². The molecule has 4 aromatic carbocycles. The van der Waals surface area contributed by atoms with Crippen LogP contribution in [-0.2, 0) is 0 Å². The predicted octanol–water partition coefficient (Wildman–Crippen LogP) is 5.94. The fourth-order valence-corrected chi connectivity index (χ4v) is 3.24. The molecule has 0 heterocycles. The molecule has 0 saturated carbocycles.